The monoisotopic (exact) mass is 440 g/mol. The minimum absolute atomic E-state index is 0.166. The lowest BCUT2D eigenvalue weighted by atomic mass is 9.60. The van der Waals surface area contributed by atoms with Gasteiger partial charge < -0.3 is 9.53 Å². The van der Waals surface area contributed by atoms with Crippen LogP contribution in [0.25, 0.3) is 0 Å². The Bertz CT molecular complexity index is 563. The normalized spacial score (nSPS) is 31.0. The molecule has 0 saturated heterocycles. The van der Waals surface area contributed by atoms with Crippen molar-refractivity contribution in [3.63, 3.8) is 0 Å². The molecule has 0 aromatic carbocycles. The summed E-state index contributed by atoms with van der Waals surface area (Å²) in [5.74, 6) is 1.82. The van der Waals surface area contributed by atoms with Gasteiger partial charge in [0.15, 0.2) is 8.32 Å². The number of rotatable bonds is 11. The van der Waals surface area contributed by atoms with Crippen molar-refractivity contribution in [2.24, 2.45) is 23.2 Å². The van der Waals surface area contributed by atoms with Gasteiger partial charge in [0.25, 0.3) is 0 Å². The molecule has 30 heavy (non-hydrogen) atoms. The molecule has 0 aromatic rings. The van der Waals surface area contributed by atoms with Gasteiger partial charge in [-0.1, -0.05) is 46.3 Å². The average molecular weight is 441 g/mol. The molecule has 5 atom stereocenters. The predicted octanol–water partition coefficient (Wildman–Crippen LogP) is 7.68. The highest BCUT2D eigenvalue weighted by atomic mass is 28.4. The van der Waals surface area contributed by atoms with Crippen LogP contribution in [0.3, 0.4) is 0 Å². The molecule has 2 saturated carbocycles. The first kappa shape index (κ1) is 26.1. The smallest absolute Gasteiger partial charge is 0.192 e. The molecule has 2 aliphatic rings. The highest BCUT2D eigenvalue weighted by Crippen LogP contribution is 2.59. The van der Waals surface area contributed by atoms with Gasteiger partial charge in [-0.2, -0.15) is 0 Å². The van der Waals surface area contributed by atoms with Crippen LogP contribution in [0.15, 0.2) is 11.6 Å². The summed E-state index contributed by atoms with van der Waals surface area (Å²) in [6.07, 6.45) is 8.86. The van der Waals surface area contributed by atoms with Gasteiger partial charge in [-0.05, 0) is 100 Å². The number of hydrogen-bond donors (Lipinski definition) is 1. The van der Waals surface area contributed by atoms with Gasteiger partial charge in [-0.3, -0.25) is 0 Å². The maximum Gasteiger partial charge on any atom is 0.192 e. The molecule has 2 aliphatic carbocycles. The van der Waals surface area contributed by atoms with Crippen molar-refractivity contribution >= 4 is 8.32 Å². The summed E-state index contributed by atoms with van der Waals surface area (Å²) in [6.45, 7) is 15.6. The molecule has 0 amide bonds. The second kappa shape index (κ2) is 10.6. The van der Waals surface area contributed by atoms with Crippen LogP contribution in [0, 0.1) is 23.2 Å². The highest BCUT2D eigenvalue weighted by Gasteiger charge is 2.50. The highest BCUT2D eigenvalue weighted by molar-refractivity contribution is 6.73. The van der Waals surface area contributed by atoms with E-state index in [9.17, 15) is 5.11 Å². The van der Waals surface area contributed by atoms with Crippen molar-refractivity contribution in [2.45, 2.75) is 123 Å². The number of aliphatic hydroxyl groups excluding tert-OH is 1. The molecular formula is C26H49FO2Si. The Morgan fingerprint density at radius 2 is 1.83 bits per heavy atom. The maximum absolute atomic E-state index is 15.4. The number of fused-ring (bicyclic) bond motifs is 1. The third-order valence-corrected chi connectivity index (χ3v) is 13.9. The van der Waals surface area contributed by atoms with Crippen molar-refractivity contribution in [1.82, 2.24) is 0 Å². The van der Waals surface area contributed by atoms with Gasteiger partial charge in [0, 0.05) is 0 Å². The molecule has 0 heterocycles. The second-order valence-electron chi connectivity index (χ2n) is 11.0. The van der Waals surface area contributed by atoms with E-state index in [2.05, 4.69) is 40.7 Å². The summed E-state index contributed by atoms with van der Waals surface area (Å²) in [4.78, 5) is 0. The zero-order chi connectivity index (χ0) is 22.6. The molecule has 0 aromatic heterocycles. The van der Waals surface area contributed by atoms with Crippen molar-refractivity contribution < 1.29 is 13.9 Å². The van der Waals surface area contributed by atoms with Crippen molar-refractivity contribution in [2.75, 3.05) is 6.61 Å². The van der Waals surface area contributed by atoms with Crippen molar-refractivity contribution in [1.29, 1.82) is 0 Å². The first-order valence-corrected chi connectivity index (χ1v) is 15.3. The molecule has 0 spiro atoms. The summed E-state index contributed by atoms with van der Waals surface area (Å²) >= 11 is 0. The zero-order valence-corrected chi connectivity index (χ0v) is 21.9. The molecule has 176 valence electrons. The van der Waals surface area contributed by atoms with Gasteiger partial charge in [0.2, 0.25) is 0 Å². The Balaban J connectivity index is 1.99. The van der Waals surface area contributed by atoms with Gasteiger partial charge in [-0.15, -0.1) is 0 Å². The fourth-order valence-electron chi connectivity index (χ4n) is 6.92. The third-order valence-electron chi connectivity index (χ3n) is 9.12. The van der Waals surface area contributed by atoms with Gasteiger partial charge in [-0.25, -0.2) is 4.39 Å². The standard InChI is InChI=1S/C26H49FO2Si/c1-8-30(9-2,10-3)29-25(5,6)24(27)16-13-20(4)22-14-15-23-21(17-19-28)12-11-18-26(22,23)7/h17,20,22-24,28H,8-16,18-19H2,1-7H3/t20-,22-,23+,24+,26-/m1/s1. The molecule has 2 fully saturated rings. The number of aliphatic hydroxyl groups is 1. The number of halogens is 1. The summed E-state index contributed by atoms with van der Waals surface area (Å²) < 4.78 is 22.0. The summed E-state index contributed by atoms with van der Waals surface area (Å²) in [5, 5.41) is 9.43. The van der Waals surface area contributed by atoms with Crippen LogP contribution < -0.4 is 0 Å². The zero-order valence-electron chi connectivity index (χ0n) is 20.9. The average Bonchev–Trinajstić information content (AvgIpc) is 3.08. The van der Waals surface area contributed by atoms with Crippen LogP contribution in [-0.4, -0.2) is 31.8 Å². The van der Waals surface area contributed by atoms with E-state index in [1.54, 1.807) is 0 Å². The number of hydrogen-bond acceptors (Lipinski definition) is 2. The van der Waals surface area contributed by atoms with Gasteiger partial charge in [0.05, 0.1) is 12.2 Å². The van der Waals surface area contributed by atoms with Crippen molar-refractivity contribution in [3.05, 3.63) is 11.6 Å². The molecule has 0 bridgehead atoms. The third kappa shape index (κ3) is 5.40. The van der Waals surface area contributed by atoms with E-state index in [1.807, 2.05) is 13.8 Å². The first-order chi connectivity index (χ1) is 14.1. The Kier molecular flexibility index (Phi) is 9.22. The molecule has 0 unspecified atom stereocenters. The first-order valence-electron chi connectivity index (χ1n) is 12.7. The summed E-state index contributed by atoms with van der Waals surface area (Å²) in [7, 11) is -1.81. The van der Waals surface area contributed by atoms with Crippen LogP contribution >= 0.6 is 0 Å². The lowest BCUT2D eigenvalue weighted by molar-refractivity contribution is 0.000354. The van der Waals surface area contributed by atoms with E-state index in [1.165, 1.54) is 31.3 Å². The fourth-order valence-corrected chi connectivity index (χ4v) is 10.1. The van der Waals surface area contributed by atoms with E-state index in [0.717, 1.165) is 31.0 Å². The number of allylic oxidation sites excluding steroid dienone is 1. The van der Waals surface area contributed by atoms with Crippen molar-refractivity contribution in [3.8, 4) is 0 Å². The van der Waals surface area contributed by atoms with E-state index in [0.29, 0.717) is 29.6 Å². The molecule has 2 nitrogen and oxygen atoms in total. The number of alkyl halides is 1. The predicted molar refractivity (Wildman–Crippen MR) is 129 cm³/mol. The maximum atomic E-state index is 15.4. The lowest BCUT2D eigenvalue weighted by Crippen LogP contribution is -2.49. The van der Waals surface area contributed by atoms with E-state index < -0.39 is 20.1 Å². The van der Waals surface area contributed by atoms with Gasteiger partial charge >= 0.3 is 0 Å². The SMILES string of the molecule is CC[Si](CC)(CC)OC(C)(C)[C@@H](F)CC[C@@H](C)[C@H]1CC[C@H]2C(=CCO)CCC[C@]12C. The van der Waals surface area contributed by atoms with Crippen LogP contribution in [0.5, 0.6) is 0 Å². The molecule has 4 heteroatoms. The molecule has 0 radical (unpaired) electrons. The van der Waals surface area contributed by atoms with Crippen LogP contribution in [0.1, 0.15) is 93.4 Å². The Labute approximate surface area is 187 Å². The minimum atomic E-state index is -1.81. The van der Waals surface area contributed by atoms with Crippen LogP contribution in [0.2, 0.25) is 18.1 Å². The minimum Gasteiger partial charge on any atom is -0.409 e. The van der Waals surface area contributed by atoms with Gasteiger partial charge in [0.1, 0.15) is 6.17 Å². The molecule has 2 rings (SSSR count). The Morgan fingerprint density at radius 1 is 1.20 bits per heavy atom. The van der Waals surface area contributed by atoms with Crippen LogP contribution in [-0.2, 0) is 4.43 Å². The second-order valence-corrected chi connectivity index (χ2v) is 15.7. The van der Waals surface area contributed by atoms with E-state index in [-0.39, 0.29) is 6.61 Å². The Hall–Kier alpha value is -0.193. The van der Waals surface area contributed by atoms with Crippen LogP contribution in [0.4, 0.5) is 4.39 Å². The molecular weight excluding hydrogens is 391 g/mol. The fraction of sp³-hybridized carbons (Fsp3) is 0.923. The lowest BCUT2D eigenvalue weighted by Gasteiger charge is -2.45. The van der Waals surface area contributed by atoms with E-state index >= 15 is 4.39 Å². The Morgan fingerprint density at radius 3 is 2.40 bits per heavy atom. The topological polar surface area (TPSA) is 29.5 Å². The molecule has 0 aliphatic heterocycles. The molecule has 1 N–H and O–H groups in total. The quantitative estimate of drug-likeness (QED) is 0.264. The summed E-state index contributed by atoms with van der Waals surface area (Å²) in [5.41, 5.74) is 1.13. The summed E-state index contributed by atoms with van der Waals surface area (Å²) in [6, 6.07) is 3.20. The largest absolute Gasteiger partial charge is 0.409 e. The van der Waals surface area contributed by atoms with E-state index in [4.69, 9.17) is 4.43 Å².